The maximum absolute atomic E-state index is 11.9. The highest BCUT2D eigenvalue weighted by Crippen LogP contribution is 2.30. The SMILES string of the molecule is C=C/C=C(\C=C)c1ccc2c(c1)CCC(=O)N2CC. The normalized spacial score (nSPS) is 15.1. The van der Waals surface area contributed by atoms with Gasteiger partial charge in [-0.1, -0.05) is 37.5 Å². The molecule has 0 saturated heterocycles. The molecule has 1 amide bonds. The lowest BCUT2D eigenvalue weighted by molar-refractivity contribution is -0.118. The molecule has 0 atom stereocenters. The third-order valence-corrected chi connectivity index (χ3v) is 3.45. The molecule has 19 heavy (non-hydrogen) atoms. The molecule has 0 aromatic heterocycles. The highest BCUT2D eigenvalue weighted by molar-refractivity contribution is 5.96. The van der Waals surface area contributed by atoms with Gasteiger partial charge in [-0.2, -0.15) is 0 Å². The number of hydrogen-bond donors (Lipinski definition) is 0. The molecule has 2 rings (SSSR count). The summed E-state index contributed by atoms with van der Waals surface area (Å²) >= 11 is 0. The Bertz CT molecular complexity index is 554. The number of benzene rings is 1. The molecule has 0 unspecified atom stereocenters. The predicted octanol–water partition coefficient (Wildman–Crippen LogP) is 3.74. The number of aryl methyl sites for hydroxylation is 1. The zero-order valence-corrected chi connectivity index (χ0v) is 11.4. The minimum Gasteiger partial charge on any atom is -0.312 e. The van der Waals surface area contributed by atoms with Crippen LogP contribution >= 0.6 is 0 Å². The lowest BCUT2D eigenvalue weighted by Crippen LogP contribution is -2.34. The molecule has 1 aromatic carbocycles. The Morgan fingerprint density at radius 1 is 1.37 bits per heavy atom. The fraction of sp³-hybridized carbons (Fsp3) is 0.235. The molecular formula is C17H19NO. The van der Waals surface area contributed by atoms with Crippen LogP contribution in [0.3, 0.4) is 0 Å². The van der Waals surface area contributed by atoms with Gasteiger partial charge in [0.05, 0.1) is 0 Å². The summed E-state index contributed by atoms with van der Waals surface area (Å²) in [5, 5.41) is 0. The molecule has 0 saturated carbocycles. The van der Waals surface area contributed by atoms with Crippen LogP contribution in [-0.4, -0.2) is 12.5 Å². The van der Waals surface area contributed by atoms with Gasteiger partial charge < -0.3 is 4.90 Å². The van der Waals surface area contributed by atoms with Crippen LogP contribution in [0.5, 0.6) is 0 Å². The second kappa shape index (κ2) is 5.70. The number of allylic oxidation sites excluding steroid dienone is 4. The Morgan fingerprint density at radius 3 is 2.79 bits per heavy atom. The maximum atomic E-state index is 11.9. The average molecular weight is 253 g/mol. The largest absolute Gasteiger partial charge is 0.312 e. The second-order valence-electron chi connectivity index (χ2n) is 4.54. The van der Waals surface area contributed by atoms with Gasteiger partial charge in [-0.25, -0.2) is 0 Å². The molecule has 0 spiro atoms. The first-order valence-electron chi connectivity index (χ1n) is 6.60. The van der Waals surface area contributed by atoms with Gasteiger partial charge in [0.2, 0.25) is 5.91 Å². The molecular weight excluding hydrogens is 234 g/mol. The number of carbonyl (C=O) groups is 1. The summed E-state index contributed by atoms with van der Waals surface area (Å²) in [6.07, 6.45) is 6.95. The van der Waals surface area contributed by atoms with Crippen LogP contribution in [0.4, 0.5) is 5.69 Å². The van der Waals surface area contributed by atoms with Gasteiger partial charge in [-0.05, 0) is 42.2 Å². The van der Waals surface area contributed by atoms with Crippen molar-refractivity contribution in [1.29, 1.82) is 0 Å². The highest BCUT2D eigenvalue weighted by Gasteiger charge is 2.22. The van der Waals surface area contributed by atoms with Gasteiger partial charge in [0.25, 0.3) is 0 Å². The number of anilines is 1. The predicted molar refractivity (Wildman–Crippen MR) is 81.2 cm³/mol. The molecule has 0 radical (unpaired) electrons. The van der Waals surface area contributed by atoms with Gasteiger partial charge in [-0.3, -0.25) is 4.79 Å². The number of fused-ring (bicyclic) bond motifs is 1. The van der Waals surface area contributed by atoms with Crippen molar-refractivity contribution in [3.8, 4) is 0 Å². The van der Waals surface area contributed by atoms with E-state index < -0.39 is 0 Å². The van der Waals surface area contributed by atoms with Crippen molar-refractivity contribution in [3.05, 3.63) is 60.7 Å². The zero-order valence-electron chi connectivity index (χ0n) is 11.4. The lowest BCUT2D eigenvalue weighted by Gasteiger charge is -2.28. The summed E-state index contributed by atoms with van der Waals surface area (Å²) in [5.74, 6) is 0.216. The van der Waals surface area contributed by atoms with E-state index in [4.69, 9.17) is 0 Å². The summed E-state index contributed by atoms with van der Waals surface area (Å²) in [7, 11) is 0. The molecule has 0 fully saturated rings. The number of amides is 1. The second-order valence-corrected chi connectivity index (χ2v) is 4.54. The molecule has 2 nitrogen and oxygen atoms in total. The van der Waals surface area contributed by atoms with Crippen molar-refractivity contribution in [2.45, 2.75) is 19.8 Å². The van der Waals surface area contributed by atoms with Crippen LogP contribution in [0.1, 0.15) is 24.5 Å². The van der Waals surface area contributed by atoms with Crippen molar-refractivity contribution >= 4 is 17.2 Å². The fourth-order valence-corrected chi connectivity index (χ4v) is 2.50. The topological polar surface area (TPSA) is 20.3 Å². The molecule has 2 heteroatoms. The minimum atomic E-state index is 0.216. The Labute approximate surface area is 114 Å². The summed E-state index contributed by atoms with van der Waals surface area (Å²) in [4.78, 5) is 13.7. The molecule has 1 aliphatic heterocycles. The number of hydrogen-bond acceptors (Lipinski definition) is 1. The van der Waals surface area contributed by atoms with Crippen LogP contribution in [0.15, 0.2) is 49.6 Å². The Hall–Kier alpha value is -2.09. The van der Waals surface area contributed by atoms with Crippen LogP contribution in [0.25, 0.3) is 5.57 Å². The first-order valence-corrected chi connectivity index (χ1v) is 6.60. The van der Waals surface area contributed by atoms with Crippen LogP contribution < -0.4 is 4.90 Å². The highest BCUT2D eigenvalue weighted by atomic mass is 16.2. The van der Waals surface area contributed by atoms with Crippen LogP contribution in [0.2, 0.25) is 0 Å². The van der Waals surface area contributed by atoms with E-state index >= 15 is 0 Å². The Balaban J connectivity index is 2.45. The van der Waals surface area contributed by atoms with E-state index in [1.807, 2.05) is 36.1 Å². The molecule has 1 aliphatic rings. The molecule has 1 aromatic rings. The van der Waals surface area contributed by atoms with E-state index in [-0.39, 0.29) is 5.91 Å². The third kappa shape index (κ3) is 2.53. The van der Waals surface area contributed by atoms with Crippen molar-refractivity contribution < 1.29 is 4.79 Å². The number of rotatable bonds is 4. The Morgan fingerprint density at radius 2 is 2.16 bits per heavy atom. The maximum Gasteiger partial charge on any atom is 0.227 e. The van der Waals surface area contributed by atoms with E-state index in [1.165, 1.54) is 5.56 Å². The van der Waals surface area contributed by atoms with Crippen LogP contribution in [0, 0.1) is 0 Å². The zero-order chi connectivity index (χ0) is 13.8. The minimum absolute atomic E-state index is 0.216. The summed E-state index contributed by atoms with van der Waals surface area (Å²) in [6.45, 7) is 10.3. The first kappa shape index (κ1) is 13.3. The van der Waals surface area contributed by atoms with Crippen molar-refractivity contribution in [2.75, 3.05) is 11.4 Å². The fourth-order valence-electron chi connectivity index (χ4n) is 2.50. The van der Waals surface area contributed by atoms with E-state index in [2.05, 4.69) is 19.2 Å². The third-order valence-electron chi connectivity index (χ3n) is 3.45. The van der Waals surface area contributed by atoms with E-state index in [1.54, 1.807) is 6.08 Å². The van der Waals surface area contributed by atoms with Gasteiger partial charge in [-0.15, -0.1) is 0 Å². The van der Waals surface area contributed by atoms with Crippen LogP contribution in [-0.2, 0) is 11.2 Å². The van der Waals surface area contributed by atoms with Crippen molar-refractivity contribution in [2.24, 2.45) is 0 Å². The standard InChI is InChI=1S/C17H19NO/c1-4-7-13(5-2)14-8-10-16-15(12-14)9-11-17(19)18(16)6-3/h4-5,7-8,10,12H,1-2,6,9,11H2,3H3/b13-7+. The summed E-state index contributed by atoms with van der Waals surface area (Å²) in [6, 6.07) is 6.23. The molecule has 0 aliphatic carbocycles. The van der Waals surface area contributed by atoms with E-state index in [0.717, 1.165) is 29.8 Å². The van der Waals surface area contributed by atoms with Gasteiger partial charge in [0.15, 0.2) is 0 Å². The molecule has 1 heterocycles. The Kier molecular flexibility index (Phi) is 4.00. The number of carbonyl (C=O) groups excluding carboxylic acids is 1. The van der Waals surface area contributed by atoms with Gasteiger partial charge in [0.1, 0.15) is 0 Å². The van der Waals surface area contributed by atoms with E-state index in [0.29, 0.717) is 6.42 Å². The smallest absolute Gasteiger partial charge is 0.227 e. The molecule has 98 valence electrons. The first-order chi connectivity index (χ1) is 9.21. The summed E-state index contributed by atoms with van der Waals surface area (Å²) in [5.41, 5.74) is 4.46. The van der Waals surface area contributed by atoms with Gasteiger partial charge in [0, 0.05) is 18.7 Å². The molecule has 0 bridgehead atoms. The van der Waals surface area contributed by atoms with Crippen molar-refractivity contribution in [1.82, 2.24) is 0 Å². The monoisotopic (exact) mass is 253 g/mol. The summed E-state index contributed by atoms with van der Waals surface area (Å²) < 4.78 is 0. The number of nitrogens with zero attached hydrogens (tertiary/aromatic N) is 1. The quantitative estimate of drug-likeness (QED) is 0.748. The van der Waals surface area contributed by atoms with E-state index in [9.17, 15) is 4.79 Å². The average Bonchev–Trinajstić information content (AvgIpc) is 2.44. The lowest BCUT2D eigenvalue weighted by atomic mass is 9.95. The van der Waals surface area contributed by atoms with Gasteiger partial charge >= 0.3 is 0 Å². The van der Waals surface area contributed by atoms with Crippen molar-refractivity contribution in [3.63, 3.8) is 0 Å². The molecule has 0 N–H and O–H groups in total.